The van der Waals surface area contributed by atoms with E-state index >= 15 is 0 Å². The van der Waals surface area contributed by atoms with Gasteiger partial charge >= 0.3 is 5.97 Å². The van der Waals surface area contributed by atoms with Gasteiger partial charge in [0.05, 0.1) is 11.3 Å². The van der Waals surface area contributed by atoms with E-state index in [1.165, 1.54) is 0 Å². The number of aryl methyl sites for hydroxylation is 3. The third-order valence-electron chi connectivity index (χ3n) is 5.02. The lowest BCUT2D eigenvalue weighted by Crippen LogP contribution is -2.39. The van der Waals surface area contributed by atoms with Crippen molar-refractivity contribution in [2.24, 2.45) is 0 Å². The van der Waals surface area contributed by atoms with Crippen molar-refractivity contribution >= 4 is 11.9 Å². The summed E-state index contributed by atoms with van der Waals surface area (Å²) in [6, 6.07) is 9.09. The van der Waals surface area contributed by atoms with Crippen molar-refractivity contribution in [3.05, 3.63) is 52.8 Å². The molecule has 3 rings (SSSR count). The molecular formula is C20H25N3O3. The summed E-state index contributed by atoms with van der Waals surface area (Å²) in [6.45, 7) is 5.96. The monoisotopic (exact) mass is 355 g/mol. The Morgan fingerprint density at radius 1 is 1.27 bits per heavy atom. The number of carboxylic acids is 1. The molecule has 1 aliphatic rings. The SMILES string of the molecule is Cc1cc(C)n(CCC(=O)N2CCCC(c3cccc(C(=O)O)c3)C2)n1. The van der Waals surface area contributed by atoms with Gasteiger partial charge in [-0.2, -0.15) is 5.10 Å². The lowest BCUT2D eigenvalue weighted by molar-refractivity contribution is -0.132. The van der Waals surface area contributed by atoms with E-state index in [0.717, 1.165) is 36.3 Å². The van der Waals surface area contributed by atoms with Crippen LogP contribution in [0.4, 0.5) is 0 Å². The summed E-state index contributed by atoms with van der Waals surface area (Å²) >= 11 is 0. The van der Waals surface area contributed by atoms with Crippen molar-refractivity contribution in [1.29, 1.82) is 0 Å². The minimum absolute atomic E-state index is 0.136. The van der Waals surface area contributed by atoms with Gasteiger partial charge in [-0.25, -0.2) is 4.79 Å². The molecule has 1 aromatic carbocycles. The van der Waals surface area contributed by atoms with Gasteiger partial charge in [0.1, 0.15) is 0 Å². The van der Waals surface area contributed by atoms with Crippen LogP contribution in [0.3, 0.4) is 0 Å². The predicted octanol–water partition coefficient (Wildman–Crippen LogP) is 2.99. The van der Waals surface area contributed by atoms with Crippen LogP contribution in [0, 0.1) is 13.8 Å². The zero-order valence-electron chi connectivity index (χ0n) is 15.3. The zero-order chi connectivity index (χ0) is 18.7. The first-order valence-corrected chi connectivity index (χ1v) is 9.06. The van der Waals surface area contributed by atoms with Crippen LogP contribution in [-0.2, 0) is 11.3 Å². The van der Waals surface area contributed by atoms with E-state index in [-0.39, 0.29) is 11.8 Å². The molecule has 0 aliphatic carbocycles. The molecule has 1 amide bonds. The number of hydrogen-bond donors (Lipinski definition) is 1. The molecule has 0 spiro atoms. The molecule has 138 valence electrons. The first-order valence-electron chi connectivity index (χ1n) is 9.06. The van der Waals surface area contributed by atoms with Gasteiger partial charge in [-0.15, -0.1) is 0 Å². The normalized spacial score (nSPS) is 17.3. The first kappa shape index (κ1) is 18.2. The van der Waals surface area contributed by atoms with Gasteiger partial charge in [-0.05, 0) is 50.5 Å². The molecule has 0 radical (unpaired) electrons. The molecule has 1 atom stereocenters. The van der Waals surface area contributed by atoms with Crippen molar-refractivity contribution < 1.29 is 14.7 Å². The van der Waals surface area contributed by atoms with Crippen LogP contribution in [-0.4, -0.2) is 44.8 Å². The Balaban J connectivity index is 1.62. The van der Waals surface area contributed by atoms with Crippen molar-refractivity contribution in [1.82, 2.24) is 14.7 Å². The fraction of sp³-hybridized carbons (Fsp3) is 0.450. The van der Waals surface area contributed by atoms with Crippen molar-refractivity contribution in [2.75, 3.05) is 13.1 Å². The summed E-state index contributed by atoms with van der Waals surface area (Å²) in [7, 11) is 0. The van der Waals surface area contributed by atoms with E-state index < -0.39 is 5.97 Å². The highest BCUT2D eigenvalue weighted by Crippen LogP contribution is 2.28. The van der Waals surface area contributed by atoms with Gasteiger partial charge in [0, 0.05) is 37.7 Å². The summed E-state index contributed by atoms with van der Waals surface area (Å²) < 4.78 is 1.88. The number of carbonyl (C=O) groups is 2. The minimum Gasteiger partial charge on any atom is -0.478 e. The molecular weight excluding hydrogens is 330 g/mol. The number of carbonyl (C=O) groups excluding carboxylic acids is 1. The highest BCUT2D eigenvalue weighted by molar-refractivity contribution is 5.87. The number of benzene rings is 1. The molecule has 0 bridgehead atoms. The van der Waals surface area contributed by atoms with Crippen LogP contribution in [0.1, 0.15) is 52.5 Å². The van der Waals surface area contributed by atoms with Crippen LogP contribution in [0.25, 0.3) is 0 Å². The topological polar surface area (TPSA) is 75.4 Å². The molecule has 1 aliphatic heterocycles. The maximum Gasteiger partial charge on any atom is 0.335 e. The first-order chi connectivity index (χ1) is 12.4. The summed E-state index contributed by atoms with van der Waals surface area (Å²) in [5.41, 5.74) is 3.33. The van der Waals surface area contributed by atoms with Crippen LogP contribution in [0.15, 0.2) is 30.3 Å². The van der Waals surface area contributed by atoms with Crippen molar-refractivity contribution in [3.8, 4) is 0 Å². The Labute approximate surface area is 153 Å². The quantitative estimate of drug-likeness (QED) is 0.895. The van der Waals surface area contributed by atoms with E-state index in [1.54, 1.807) is 18.2 Å². The van der Waals surface area contributed by atoms with Gasteiger partial charge in [0.2, 0.25) is 5.91 Å². The van der Waals surface area contributed by atoms with Crippen molar-refractivity contribution in [3.63, 3.8) is 0 Å². The number of piperidine rings is 1. The molecule has 6 heteroatoms. The third kappa shape index (κ3) is 4.12. The number of amides is 1. The molecule has 1 aromatic heterocycles. The summed E-state index contributed by atoms with van der Waals surface area (Å²) in [4.78, 5) is 25.7. The van der Waals surface area contributed by atoms with E-state index in [2.05, 4.69) is 5.10 Å². The second kappa shape index (κ2) is 7.72. The highest BCUT2D eigenvalue weighted by Gasteiger charge is 2.25. The summed E-state index contributed by atoms with van der Waals surface area (Å²) in [5, 5.41) is 13.6. The minimum atomic E-state index is -0.916. The van der Waals surface area contributed by atoms with Gasteiger partial charge in [-0.1, -0.05) is 12.1 Å². The maximum absolute atomic E-state index is 12.6. The number of aromatic nitrogens is 2. The number of carboxylic acid groups (broad SMARTS) is 1. The molecule has 1 saturated heterocycles. The van der Waals surface area contributed by atoms with E-state index in [4.69, 9.17) is 0 Å². The van der Waals surface area contributed by atoms with Crippen LogP contribution >= 0.6 is 0 Å². The Hall–Kier alpha value is -2.63. The van der Waals surface area contributed by atoms with Gasteiger partial charge in [-0.3, -0.25) is 9.48 Å². The van der Waals surface area contributed by atoms with Gasteiger partial charge in [0.15, 0.2) is 0 Å². The predicted molar refractivity (Wildman–Crippen MR) is 98.3 cm³/mol. The van der Waals surface area contributed by atoms with Crippen molar-refractivity contribution in [2.45, 2.75) is 45.6 Å². The molecule has 0 saturated carbocycles. The number of nitrogens with zero attached hydrogens (tertiary/aromatic N) is 3. The largest absolute Gasteiger partial charge is 0.478 e. The lowest BCUT2D eigenvalue weighted by atomic mass is 9.89. The van der Waals surface area contributed by atoms with Crippen LogP contribution in [0.2, 0.25) is 0 Å². The van der Waals surface area contributed by atoms with Gasteiger partial charge in [0.25, 0.3) is 0 Å². The summed E-state index contributed by atoms with van der Waals surface area (Å²) in [6.07, 6.45) is 2.35. The van der Waals surface area contributed by atoms with E-state index in [0.29, 0.717) is 25.1 Å². The second-order valence-electron chi connectivity index (χ2n) is 7.01. The molecule has 1 unspecified atom stereocenters. The third-order valence-corrected chi connectivity index (χ3v) is 5.02. The number of rotatable bonds is 5. The molecule has 26 heavy (non-hydrogen) atoms. The molecule has 6 nitrogen and oxygen atoms in total. The second-order valence-corrected chi connectivity index (χ2v) is 7.01. The number of likely N-dealkylation sites (tertiary alicyclic amines) is 1. The Morgan fingerprint density at radius 2 is 2.08 bits per heavy atom. The lowest BCUT2D eigenvalue weighted by Gasteiger charge is -2.33. The van der Waals surface area contributed by atoms with E-state index in [9.17, 15) is 14.7 Å². The average Bonchev–Trinajstić information content (AvgIpc) is 2.97. The molecule has 1 fully saturated rings. The highest BCUT2D eigenvalue weighted by atomic mass is 16.4. The van der Waals surface area contributed by atoms with Gasteiger partial charge < -0.3 is 10.0 Å². The molecule has 1 N–H and O–H groups in total. The van der Waals surface area contributed by atoms with Crippen LogP contribution in [0.5, 0.6) is 0 Å². The molecule has 2 heterocycles. The average molecular weight is 355 g/mol. The summed E-state index contributed by atoms with van der Waals surface area (Å²) in [5.74, 6) is -0.585. The number of hydrogen-bond acceptors (Lipinski definition) is 3. The zero-order valence-corrected chi connectivity index (χ0v) is 15.3. The Morgan fingerprint density at radius 3 is 2.77 bits per heavy atom. The maximum atomic E-state index is 12.6. The molecule has 2 aromatic rings. The van der Waals surface area contributed by atoms with Crippen LogP contribution < -0.4 is 0 Å². The van der Waals surface area contributed by atoms with E-state index in [1.807, 2.05) is 35.6 Å². The Bertz CT molecular complexity index is 812. The number of aromatic carboxylic acids is 1. The standard InChI is InChI=1S/C20H25N3O3/c1-14-11-15(2)23(21-14)10-8-19(24)22-9-4-7-18(13-22)16-5-3-6-17(12-16)20(25)26/h3,5-6,11-12,18H,4,7-10,13H2,1-2H3,(H,25,26). The fourth-order valence-electron chi connectivity index (χ4n) is 3.66. The smallest absolute Gasteiger partial charge is 0.335 e. The Kier molecular flexibility index (Phi) is 5.40. The fourth-order valence-corrected chi connectivity index (χ4v) is 3.66.